The molecule has 1 aromatic carbocycles. The summed E-state index contributed by atoms with van der Waals surface area (Å²) in [6, 6.07) is 7.63. The quantitative estimate of drug-likeness (QED) is 0.854. The number of aliphatic hydroxyl groups is 1. The van der Waals surface area contributed by atoms with E-state index < -0.39 is 6.10 Å². The Bertz CT molecular complexity index is 344. The molecular weight excluding hydrogens is 214 g/mol. The Morgan fingerprint density at radius 2 is 1.76 bits per heavy atom. The molecule has 1 unspecified atom stereocenters. The van der Waals surface area contributed by atoms with Crippen LogP contribution in [0, 0.1) is 0 Å². The third kappa shape index (κ3) is 3.20. The van der Waals surface area contributed by atoms with E-state index in [0.717, 1.165) is 11.3 Å². The summed E-state index contributed by atoms with van der Waals surface area (Å²) in [6.45, 7) is 6.66. The number of likely N-dealkylation sites (N-methyl/N-ethyl adjacent to an activating group) is 1. The molecule has 0 aliphatic heterocycles. The summed E-state index contributed by atoms with van der Waals surface area (Å²) in [5, 5.41) is 10.4. The predicted molar refractivity (Wildman–Crippen MR) is 70.3 cm³/mol. The predicted octanol–water partition coefficient (Wildman–Crippen LogP) is 2.46. The molecule has 0 fully saturated rings. The molecule has 1 N–H and O–H groups in total. The molecule has 0 aliphatic carbocycles. The fourth-order valence-corrected chi connectivity index (χ4v) is 1.57. The number of ether oxygens (including phenoxy) is 1. The molecule has 96 valence electrons. The van der Waals surface area contributed by atoms with Gasteiger partial charge in [0, 0.05) is 5.54 Å². The Balaban J connectivity index is 2.86. The highest BCUT2D eigenvalue weighted by molar-refractivity contribution is 5.29. The molecule has 0 spiro atoms. The Hall–Kier alpha value is -1.06. The number of nitrogens with zero attached hydrogens (tertiary/aromatic N) is 1. The lowest BCUT2D eigenvalue weighted by Gasteiger charge is -2.37. The standard InChI is InChI=1S/C14H23NO2/c1-6-17-12-9-7-11(8-10-12)13(16)14(2,3)15(4)5/h7-10,13,16H,6H2,1-5H3. The van der Waals surface area contributed by atoms with Crippen molar-refractivity contribution >= 4 is 0 Å². The van der Waals surface area contributed by atoms with Crippen molar-refractivity contribution in [3.8, 4) is 5.75 Å². The van der Waals surface area contributed by atoms with Gasteiger partial charge in [0.2, 0.25) is 0 Å². The van der Waals surface area contributed by atoms with Crippen LogP contribution >= 0.6 is 0 Å². The third-order valence-corrected chi connectivity index (χ3v) is 3.33. The summed E-state index contributed by atoms with van der Waals surface area (Å²) in [7, 11) is 3.94. The second kappa shape index (κ2) is 5.52. The van der Waals surface area contributed by atoms with Gasteiger partial charge in [-0.05, 0) is 52.6 Å². The van der Waals surface area contributed by atoms with Crippen LogP contribution in [-0.4, -0.2) is 36.2 Å². The highest BCUT2D eigenvalue weighted by atomic mass is 16.5. The SMILES string of the molecule is CCOc1ccc(C(O)C(C)(C)N(C)C)cc1. The molecule has 0 amide bonds. The van der Waals surface area contributed by atoms with E-state index >= 15 is 0 Å². The first-order chi connectivity index (χ1) is 7.89. The van der Waals surface area contributed by atoms with E-state index in [9.17, 15) is 5.11 Å². The molecule has 1 aromatic rings. The van der Waals surface area contributed by atoms with Crippen molar-refractivity contribution in [1.82, 2.24) is 4.90 Å². The van der Waals surface area contributed by atoms with Crippen molar-refractivity contribution in [1.29, 1.82) is 0 Å². The van der Waals surface area contributed by atoms with Gasteiger partial charge in [-0.2, -0.15) is 0 Å². The van der Waals surface area contributed by atoms with Gasteiger partial charge >= 0.3 is 0 Å². The average Bonchev–Trinajstić information content (AvgIpc) is 2.29. The van der Waals surface area contributed by atoms with E-state index in [4.69, 9.17) is 4.74 Å². The zero-order chi connectivity index (χ0) is 13.1. The Labute approximate surface area is 104 Å². The third-order valence-electron chi connectivity index (χ3n) is 3.33. The van der Waals surface area contributed by atoms with Crippen molar-refractivity contribution in [3.63, 3.8) is 0 Å². The lowest BCUT2D eigenvalue weighted by Crippen LogP contribution is -2.43. The van der Waals surface area contributed by atoms with Crippen molar-refractivity contribution in [2.45, 2.75) is 32.4 Å². The van der Waals surface area contributed by atoms with Gasteiger partial charge in [0.05, 0.1) is 12.7 Å². The van der Waals surface area contributed by atoms with Gasteiger partial charge in [-0.3, -0.25) is 0 Å². The zero-order valence-electron chi connectivity index (χ0n) is 11.4. The molecule has 0 aliphatic rings. The lowest BCUT2D eigenvalue weighted by atomic mass is 9.90. The molecule has 3 heteroatoms. The molecule has 1 atom stereocenters. The number of hydrogen-bond acceptors (Lipinski definition) is 3. The number of hydrogen-bond donors (Lipinski definition) is 1. The first-order valence-corrected chi connectivity index (χ1v) is 5.97. The van der Waals surface area contributed by atoms with Crippen LogP contribution in [-0.2, 0) is 0 Å². The van der Waals surface area contributed by atoms with E-state index in [1.54, 1.807) is 0 Å². The van der Waals surface area contributed by atoms with Gasteiger partial charge in [-0.15, -0.1) is 0 Å². The second-order valence-electron chi connectivity index (χ2n) is 4.95. The maximum Gasteiger partial charge on any atom is 0.119 e. The summed E-state index contributed by atoms with van der Waals surface area (Å²) in [4.78, 5) is 2.02. The molecule has 0 radical (unpaired) electrons. The van der Waals surface area contributed by atoms with Gasteiger partial charge in [-0.1, -0.05) is 12.1 Å². The molecule has 0 aromatic heterocycles. The van der Waals surface area contributed by atoms with E-state index in [1.165, 1.54) is 0 Å². The molecular formula is C14H23NO2. The molecule has 0 saturated heterocycles. The lowest BCUT2D eigenvalue weighted by molar-refractivity contribution is 0.0164. The van der Waals surface area contributed by atoms with Crippen LogP contribution in [0.2, 0.25) is 0 Å². The van der Waals surface area contributed by atoms with Gasteiger partial charge in [0.25, 0.3) is 0 Å². The maximum absolute atomic E-state index is 10.4. The van der Waals surface area contributed by atoms with Crippen LogP contribution in [0.3, 0.4) is 0 Å². The molecule has 17 heavy (non-hydrogen) atoms. The Morgan fingerprint density at radius 3 is 2.18 bits per heavy atom. The zero-order valence-corrected chi connectivity index (χ0v) is 11.4. The van der Waals surface area contributed by atoms with E-state index in [0.29, 0.717) is 6.61 Å². The molecule has 0 saturated carbocycles. The summed E-state index contributed by atoms with van der Waals surface area (Å²) in [5.74, 6) is 0.839. The van der Waals surface area contributed by atoms with Gasteiger partial charge in [-0.25, -0.2) is 0 Å². The van der Waals surface area contributed by atoms with Gasteiger partial charge < -0.3 is 14.7 Å². The normalized spacial score (nSPS) is 13.8. The smallest absolute Gasteiger partial charge is 0.119 e. The van der Waals surface area contributed by atoms with Crippen molar-refractivity contribution < 1.29 is 9.84 Å². The van der Waals surface area contributed by atoms with Crippen molar-refractivity contribution in [2.75, 3.05) is 20.7 Å². The first kappa shape index (κ1) is 14.0. The minimum atomic E-state index is -0.520. The minimum absolute atomic E-state index is 0.298. The van der Waals surface area contributed by atoms with Crippen molar-refractivity contribution in [3.05, 3.63) is 29.8 Å². The van der Waals surface area contributed by atoms with E-state index in [1.807, 2.05) is 64.0 Å². The molecule has 0 heterocycles. The summed E-state index contributed by atoms with van der Waals surface area (Å²) >= 11 is 0. The van der Waals surface area contributed by atoms with Crippen molar-refractivity contribution in [2.24, 2.45) is 0 Å². The van der Waals surface area contributed by atoms with Crippen LogP contribution in [0.5, 0.6) is 5.75 Å². The van der Waals surface area contributed by atoms with Crippen LogP contribution in [0.1, 0.15) is 32.4 Å². The molecule has 3 nitrogen and oxygen atoms in total. The largest absolute Gasteiger partial charge is 0.494 e. The number of benzene rings is 1. The molecule has 0 bridgehead atoms. The van der Waals surface area contributed by atoms with Crippen LogP contribution in [0.4, 0.5) is 0 Å². The fourth-order valence-electron chi connectivity index (χ4n) is 1.57. The van der Waals surface area contributed by atoms with E-state index in [2.05, 4.69) is 0 Å². The fraction of sp³-hybridized carbons (Fsp3) is 0.571. The van der Waals surface area contributed by atoms with Crippen LogP contribution in [0.15, 0.2) is 24.3 Å². The summed E-state index contributed by atoms with van der Waals surface area (Å²) < 4.78 is 5.38. The second-order valence-corrected chi connectivity index (χ2v) is 4.95. The number of rotatable bonds is 5. The first-order valence-electron chi connectivity index (χ1n) is 5.97. The van der Waals surface area contributed by atoms with E-state index in [-0.39, 0.29) is 5.54 Å². The molecule has 1 rings (SSSR count). The average molecular weight is 237 g/mol. The summed E-state index contributed by atoms with van der Waals surface area (Å²) in [5.41, 5.74) is 0.611. The summed E-state index contributed by atoms with van der Waals surface area (Å²) in [6.07, 6.45) is -0.520. The maximum atomic E-state index is 10.4. The highest BCUT2D eigenvalue weighted by Crippen LogP contribution is 2.30. The van der Waals surface area contributed by atoms with Gasteiger partial charge in [0.15, 0.2) is 0 Å². The monoisotopic (exact) mass is 237 g/mol. The highest BCUT2D eigenvalue weighted by Gasteiger charge is 2.31. The van der Waals surface area contributed by atoms with Gasteiger partial charge in [0.1, 0.15) is 5.75 Å². The minimum Gasteiger partial charge on any atom is -0.494 e. The Morgan fingerprint density at radius 1 is 1.24 bits per heavy atom. The van der Waals surface area contributed by atoms with Crippen LogP contribution < -0.4 is 4.74 Å². The Kier molecular flexibility index (Phi) is 4.54. The number of aliphatic hydroxyl groups excluding tert-OH is 1. The topological polar surface area (TPSA) is 32.7 Å². The van der Waals surface area contributed by atoms with Crippen LogP contribution in [0.25, 0.3) is 0 Å².